The van der Waals surface area contributed by atoms with Crippen LogP contribution in [-0.2, 0) is 33.4 Å². The number of benzene rings is 1. The van der Waals surface area contributed by atoms with Crippen molar-refractivity contribution in [1.29, 1.82) is 0 Å². The Morgan fingerprint density at radius 2 is 0.957 bits per heavy atom. The van der Waals surface area contributed by atoms with Gasteiger partial charge in [0.2, 0.25) is 0 Å². The fourth-order valence-electron chi connectivity index (χ4n) is 4.19. The number of unbranched alkanes of at least 4 members (excludes halogenated alkanes) is 15. The molecule has 0 saturated carbocycles. The van der Waals surface area contributed by atoms with Crippen molar-refractivity contribution in [3.05, 3.63) is 66.8 Å². The average molecular weight is 657 g/mol. The number of hydrogen-bond donors (Lipinski definition) is 0. The van der Waals surface area contributed by atoms with Crippen LogP contribution in [0.1, 0.15) is 142 Å². The Balaban J connectivity index is 0. The summed E-state index contributed by atoms with van der Waals surface area (Å²) in [6, 6.07) is 10.0. The molecule has 0 aromatic heterocycles. The van der Waals surface area contributed by atoms with Crippen molar-refractivity contribution in [3.63, 3.8) is 0 Å². The lowest BCUT2D eigenvalue weighted by Gasteiger charge is -2.05. The smallest absolute Gasteiger partial charge is 0.333 e. The first kappa shape index (κ1) is 45.6. The monoisotopic (exact) mass is 656 g/mol. The maximum Gasteiger partial charge on any atom is 0.333 e. The molecule has 0 unspecified atom stereocenters. The molecule has 0 atom stereocenters. The van der Waals surface area contributed by atoms with E-state index < -0.39 is 11.9 Å². The van der Waals surface area contributed by atoms with Crippen molar-refractivity contribution in [3.8, 4) is 0 Å². The molecule has 0 saturated heterocycles. The van der Waals surface area contributed by atoms with Crippen molar-refractivity contribution in [2.75, 3.05) is 19.8 Å². The van der Waals surface area contributed by atoms with E-state index in [0.29, 0.717) is 12.2 Å². The van der Waals surface area contributed by atoms with Crippen LogP contribution in [0.5, 0.6) is 0 Å². The standard InChI is InChI=1S/C22H42O2.C10H14O5.C8H8/c1-4-5-6-7-8-9-10-11-12-13-14-15-16-17-18-19-20-24-22(23)21(2)3;1-7(2)10(13)15-5-4-14-9(12)6-8(3)11;1-2-8-6-4-3-5-7-8/h2,4-20H2,1,3H3;1,4-6H2,2-3H3;2-7H,1H2. The molecule has 1 aromatic rings. The van der Waals surface area contributed by atoms with Gasteiger partial charge in [-0.25, -0.2) is 9.59 Å². The van der Waals surface area contributed by atoms with Gasteiger partial charge in [-0.05, 0) is 32.8 Å². The number of rotatable bonds is 25. The fraction of sp³-hybridized carbons (Fsp3) is 0.600. The van der Waals surface area contributed by atoms with Crippen LogP contribution in [0.25, 0.3) is 6.08 Å². The SMILES string of the molecule is C=C(C)C(=O)OCCCCCCCCCCCCCCCCCC.C=C(C)C(=O)OCCOC(=O)CC(C)=O.C=Cc1ccccc1. The molecule has 0 fully saturated rings. The van der Waals surface area contributed by atoms with Crippen LogP contribution in [0.4, 0.5) is 0 Å². The Morgan fingerprint density at radius 3 is 1.32 bits per heavy atom. The van der Waals surface area contributed by atoms with E-state index in [-0.39, 0.29) is 37.0 Å². The third kappa shape index (κ3) is 35.2. The molecule has 0 amide bonds. The molecule has 0 bridgehead atoms. The highest BCUT2D eigenvalue weighted by atomic mass is 16.6. The minimum atomic E-state index is -0.617. The molecular formula is C40H64O7. The molecule has 0 aliphatic heterocycles. The number of esters is 3. The number of carbonyl (C=O) groups excluding carboxylic acids is 4. The molecule has 0 N–H and O–H groups in total. The van der Waals surface area contributed by atoms with Gasteiger partial charge in [0.25, 0.3) is 0 Å². The topological polar surface area (TPSA) is 96.0 Å². The average Bonchev–Trinajstić information content (AvgIpc) is 3.04. The van der Waals surface area contributed by atoms with Crippen LogP contribution in [0.15, 0.2) is 61.2 Å². The highest BCUT2D eigenvalue weighted by Gasteiger charge is 2.07. The van der Waals surface area contributed by atoms with Crippen LogP contribution < -0.4 is 0 Å². The summed E-state index contributed by atoms with van der Waals surface area (Å²) < 4.78 is 14.4. The van der Waals surface area contributed by atoms with Gasteiger partial charge >= 0.3 is 17.9 Å². The van der Waals surface area contributed by atoms with Crippen molar-refractivity contribution in [2.45, 2.75) is 137 Å². The van der Waals surface area contributed by atoms with Crippen molar-refractivity contribution >= 4 is 29.8 Å². The van der Waals surface area contributed by atoms with Crippen LogP contribution in [0.3, 0.4) is 0 Å². The highest BCUT2D eigenvalue weighted by Crippen LogP contribution is 2.13. The van der Waals surface area contributed by atoms with E-state index in [4.69, 9.17) is 4.74 Å². The van der Waals surface area contributed by atoms with Crippen LogP contribution in [-0.4, -0.2) is 43.5 Å². The summed E-state index contributed by atoms with van der Waals surface area (Å²) in [4.78, 5) is 43.3. The van der Waals surface area contributed by atoms with E-state index in [0.717, 1.165) is 6.42 Å². The lowest BCUT2D eigenvalue weighted by Crippen LogP contribution is -2.15. The van der Waals surface area contributed by atoms with Gasteiger partial charge in [0.15, 0.2) is 0 Å². The fourth-order valence-corrected chi connectivity index (χ4v) is 4.19. The minimum absolute atomic E-state index is 0.0324. The Morgan fingerprint density at radius 1 is 0.574 bits per heavy atom. The third-order valence-corrected chi connectivity index (χ3v) is 6.94. The van der Waals surface area contributed by atoms with Crippen molar-refractivity contribution < 1.29 is 33.4 Å². The molecule has 7 heteroatoms. The van der Waals surface area contributed by atoms with E-state index in [9.17, 15) is 19.2 Å². The number of hydrogen-bond acceptors (Lipinski definition) is 7. The van der Waals surface area contributed by atoms with E-state index in [1.165, 1.54) is 116 Å². The van der Waals surface area contributed by atoms with Gasteiger partial charge in [-0.3, -0.25) is 9.59 Å². The zero-order valence-corrected chi connectivity index (χ0v) is 30.1. The quantitative estimate of drug-likeness (QED) is 0.0340. The largest absolute Gasteiger partial charge is 0.462 e. The molecule has 0 spiro atoms. The second-order valence-corrected chi connectivity index (χ2v) is 11.8. The number of Topliss-reactive ketones (excluding diaryl/α,β-unsaturated/α-hetero) is 1. The molecule has 1 rings (SSSR count). The Kier molecular flexibility index (Phi) is 32.9. The van der Waals surface area contributed by atoms with E-state index in [2.05, 4.69) is 36.1 Å². The summed E-state index contributed by atoms with van der Waals surface area (Å²) in [7, 11) is 0. The number of carbonyl (C=O) groups is 4. The van der Waals surface area contributed by atoms with Gasteiger partial charge in [0.1, 0.15) is 25.4 Å². The van der Waals surface area contributed by atoms with Gasteiger partial charge in [-0.15, -0.1) is 0 Å². The highest BCUT2D eigenvalue weighted by molar-refractivity contribution is 5.94. The maximum absolute atomic E-state index is 11.2. The van der Waals surface area contributed by atoms with Gasteiger partial charge < -0.3 is 14.2 Å². The Hall–Kier alpha value is -3.48. The second-order valence-electron chi connectivity index (χ2n) is 11.8. The zero-order chi connectivity index (χ0) is 35.5. The predicted molar refractivity (Wildman–Crippen MR) is 194 cm³/mol. The first-order chi connectivity index (χ1) is 22.5. The summed E-state index contributed by atoms with van der Waals surface area (Å²) in [6.07, 6.45) is 23.3. The van der Waals surface area contributed by atoms with Crippen LogP contribution >= 0.6 is 0 Å². The first-order valence-corrected chi connectivity index (χ1v) is 17.5. The van der Waals surface area contributed by atoms with Crippen LogP contribution in [0, 0.1) is 0 Å². The zero-order valence-electron chi connectivity index (χ0n) is 30.1. The Bertz CT molecular complexity index is 997. The molecular weight excluding hydrogens is 592 g/mol. The summed E-state index contributed by atoms with van der Waals surface area (Å²) >= 11 is 0. The summed E-state index contributed by atoms with van der Waals surface area (Å²) in [5.41, 5.74) is 1.95. The third-order valence-electron chi connectivity index (χ3n) is 6.94. The van der Waals surface area contributed by atoms with Gasteiger partial charge in [0, 0.05) is 11.1 Å². The van der Waals surface area contributed by atoms with E-state index >= 15 is 0 Å². The predicted octanol–water partition coefficient (Wildman–Crippen LogP) is 10.3. The summed E-state index contributed by atoms with van der Waals surface area (Å²) in [6.45, 7) is 17.8. The lowest BCUT2D eigenvalue weighted by atomic mass is 10.0. The minimum Gasteiger partial charge on any atom is -0.462 e. The molecule has 0 aliphatic carbocycles. The Labute approximate surface area is 286 Å². The van der Waals surface area contributed by atoms with E-state index in [1.54, 1.807) is 6.92 Å². The molecule has 266 valence electrons. The van der Waals surface area contributed by atoms with Gasteiger partial charge in [0.05, 0.1) is 6.61 Å². The summed E-state index contributed by atoms with van der Waals surface area (Å²) in [5.74, 6) is -1.67. The number of ether oxygens (including phenoxy) is 3. The summed E-state index contributed by atoms with van der Waals surface area (Å²) in [5, 5.41) is 0. The molecule has 47 heavy (non-hydrogen) atoms. The van der Waals surface area contributed by atoms with Crippen LogP contribution in [0.2, 0.25) is 0 Å². The molecule has 7 nitrogen and oxygen atoms in total. The van der Waals surface area contributed by atoms with Gasteiger partial charge in [-0.1, -0.05) is 159 Å². The lowest BCUT2D eigenvalue weighted by molar-refractivity contribution is -0.151. The van der Waals surface area contributed by atoms with Crippen molar-refractivity contribution in [2.24, 2.45) is 0 Å². The van der Waals surface area contributed by atoms with Crippen molar-refractivity contribution in [1.82, 2.24) is 0 Å². The second kappa shape index (κ2) is 33.9. The molecule has 0 radical (unpaired) electrons. The number of ketones is 1. The maximum atomic E-state index is 11.2. The normalized spacial score (nSPS) is 9.87. The van der Waals surface area contributed by atoms with Gasteiger partial charge in [-0.2, -0.15) is 0 Å². The molecule has 0 heterocycles. The molecule has 1 aromatic carbocycles. The first-order valence-electron chi connectivity index (χ1n) is 17.5. The molecule has 0 aliphatic rings. The van der Waals surface area contributed by atoms with E-state index in [1.807, 2.05) is 36.4 Å².